The summed E-state index contributed by atoms with van der Waals surface area (Å²) in [6.07, 6.45) is 5.17. The monoisotopic (exact) mass is 276 g/mol. The summed E-state index contributed by atoms with van der Waals surface area (Å²) >= 11 is 0. The van der Waals surface area contributed by atoms with Gasteiger partial charge in [-0.3, -0.25) is 0 Å². The van der Waals surface area contributed by atoms with E-state index in [4.69, 9.17) is 5.73 Å². The number of nitrogens with zero attached hydrogens (tertiary/aromatic N) is 3. The quantitative estimate of drug-likeness (QED) is 0.746. The molecule has 2 aliphatic rings. The maximum absolute atomic E-state index is 5.84. The van der Waals surface area contributed by atoms with Gasteiger partial charge in [0.05, 0.1) is 0 Å². The number of nitrogens with two attached hydrogens (primary N) is 1. The molecule has 6 nitrogen and oxygen atoms in total. The van der Waals surface area contributed by atoms with E-state index in [0.717, 1.165) is 43.6 Å². The average molecular weight is 276 g/mol. The zero-order valence-electron chi connectivity index (χ0n) is 12.1. The van der Waals surface area contributed by atoms with Crippen molar-refractivity contribution < 1.29 is 0 Å². The van der Waals surface area contributed by atoms with Gasteiger partial charge in [0.1, 0.15) is 11.6 Å². The molecule has 0 bridgehead atoms. The van der Waals surface area contributed by atoms with Gasteiger partial charge in [-0.1, -0.05) is 6.42 Å². The maximum atomic E-state index is 5.84. The molecule has 3 rings (SSSR count). The zero-order valence-corrected chi connectivity index (χ0v) is 12.1. The number of nitrogens with one attached hydrogen (secondary N) is 2. The standard InChI is InChI=1S/C14H24N6/c1-16-11-5-6-20(9-11)13-7-12(18-14(15)19-13)17-8-10-3-2-4-10/h7,10-11,16H,2-6,8-9H2,1H3,(H3,15,17,18,19)/t11-/m1/s1. The van der Waals surface area contributed by atoms with Crippen LogP contribution in [-0.4, -0.2) is 42.7 Å². The number of anilines is 3. The van der Waals surface area contributed by atoms with Gasteiger partial charge in [0.2, 0.25) is 5.95 Å². The lowest BCUT2D eigenvalue weighted by atomic mass is 9.85. The van der Waals surface area contributed by atoms with Gasteiger partial charge < -0.3 is 21.3 Å². The molecule has 0 amide bonds. The Bertz CT molecular complexity index is 459. The van der Waals surface area contributed by atoms with Crippen LogP contribution >= 0.6 is 0 Å². The number of likely N-dealkylation sites (N-methyl/N-ethyl adjacent to an activating group) is 1. The highest BCUT2D eigenvalue weighted by Gasteiger charge is 2.23. The molecule has 0 unspecified atom stereocenters. The lowest BCUT2D eigenvalue weighted by Gasteiger charge is -2.26. The third kappa shape index (κ3) is 2.95. The van der Waals surface area contributed by atoms with E-state index in [1.165, 1.54) is 19.3 Å². The Labute approximate surface area is 120 Å². The summed E-state index contributed by atoms with van der Waals surface area (Å²) in [7, 11) is 2.01. The molecule has 6 heteroatoms. The third-order valence-electron chi connectivity index (χ3n) is 4.45. The van der Waals surface area contributed by atoms with E-state index in [-0.39, 0.29) is 0 Å². The molecule has 4 N–H and O–H groups in total. The summed E-state index contributed by atoms with van der Waals surface area (Å²) in [5.41, 5.74) is 5.84. The Morgan fingerprint density at radius 2 is 2.20 bits per heavy atom. The van der Waals surface area contributed by atoms with Crippen molar-refractivity contribution in [1.82, 2.24) is 15.3 Å². The molecule has 0 spiro atoms. The molecule has 1 aromatic rings. The molecule has 1 aliphatic heterocycles. The second-order valence-electron chi connectivity index (χ2n) is 5.87. The van der Waals surface area contributed by atoms with Gasteiger partial charge in [0.15, 0.2) is 0 Å². The molecule has 0 aromatic carbocycles. The van der Waals surface area contributed by atoms with E-state index in [0.29, 0.717) is 12.0 Å². The van der Waals surface area contributed by atoms with Gasteiger partial charge in [-0.05, 0) is 32.2 Å². The van der Waals surface area contributed by atoms with Crippen LogP contribution in [-0.2, 0) is 0 Å². The van der Waals surface area contributed by atoms with Crippen LogP contribution in [0.4, 0.5) is 17.6 Å². The van der Waals surface area contributed by atoms with Gasteiger partial charge in [0, 0.05) is 31.7 Å². The third-order valence-corrected chi connectivity index (χ3v) is 4.45. The van der Waals surface area contributed by atoms with Crippen molar-refractivity contribution in [2.24, 2.45) is 5.92 Å². The van der Waals surface area contributed by atoms with Crippen LogP contribution < -0.4 is 21.3 Å². The van der Waals surface area contributed by atoms with Crippen molar-refractivity contribution in [2.45, 2.75) is 31.7 Å². The van der Waals surface area contributed by atoms with Gasteiger partial charge in [-0.25, -0.2) is 0 Å². The number of rotatable bonds is 5. The molecule has 110 valence electrons. The summed E-state index contributed by atoms with van der Waals surface area (Å²) in [4.78, 5) is 10.9. The SMILES string of the molecule is CN[C@@H]1CCN(c2cc(NCC3CCC3)nc(N)n2)C1. The van der Waals surface area contributed by atoms with Gasteiger partial charge in [-0.2, -0.15) is 9.97 Å². The van der Waals surface area contributed by atoms with Gasteiger partial charge in [0.25, 0.3) is 0 Å². The summed E-state index contributed by atoms with van der Waals surface area (Å²) in [6.45, 7) is 2.99. The zero-order chi connectivity index (χ0) is 13.9. The Hall–Kier alpha value is -1.56. The van der Waals surface area contributed by atoms with Crippen LogP contribution in [0.2, 0.25) is 0 Å². The van der Waals surface area contributed by atoms with Crippen LogP contribution in [0.1, 0.15) is 25.7 Å². The lowest BCUT2D eigenvalue weighted by Crippen LogP contribution is -2.30. The minimum Gasteiger partial charge on any atom is -0.370 e. The highest BCUT2D eigenvalue weighted by Crippen LogP contribution is 2.27. The van der Waals surface area contributed by atoms with Crippen LogP contribution in [0.5, 0.6) is 0 Å². The molecule has 1 atom stereocenters. The fraction of sp³-hybridized carbons (Fsp3) is 0.714. The normalized spacial score (nSPS) is 22.9. The minimum absolute atomic E-state index is 0.353. The van der Waals surface area contributed by atoms with E-state index in [1.807, 2.05) is 13.1 Å². The largest absolute Gasteiger partial charge is 0.370 e. The molecular formula is C14H24N6. The highest BCUT2D eigenvalue weighted by atomic mass is 15.3. The van der Waals surface area contributed by atoms with Crippen LogP contribution in [0.25, 0.3) is 0 Å². The molecule has 1 aliphatic carbocycles. The Balaban J connectivity index is 1.66. The van der Waals surface area contributed by atoms with Crippen molar-refractivity contribution in [2.75, 3.05) is 42.6 Å². The second-order valence-corrected chi connectivity index (χ2v) is 5.87. The summed E-state index contributed by atoms with van der Waals surface area (Å²) in [5.74, 6) is 2.94. The molecule has 1 saturated heterocycles. The topological polar surface area (TPSA) is 79.1 Å². The van der Waals surface area contributed by atoms with E-state index in [1.54, 1.807) is 0 Å². The fourth-order valence-corrected chi connectivity index (χ4v) is 2.85. The molecule has 2 fully saturated rings. The Morgan fingerprint density at radius 3 is 2.85 bits per heavy atom. The Morgan fingerprint density at radius 1 is 1.35 bits per heavy atom. The average Bonchev–Trinajstić information content (AvgIpc) is 2.85. The predicted octanol–water partition coefficient (Wildman–Crippen LogP) is 1.07. The molecule has 20 heavy (non-hydrogen) atoms. The number of hydrogen-bond acceptors (Lipinski definition) is 6. The van der Waals surface area contributed by atoms with E-state index < -0.39 is 0 Å². The second kappa shape index (κ2) is 5.83. The van der Waals surface area contributed by atoms with Crippen molar-refractivity contribution in [3.63, 3.8) is 0 Å². The van der Waals surface area contributed by atoms with Crippen LogP contribution in [0.3, 0.4) is 0 Å². The first-order valence-corrected chi connectivity index (χ1v) is 7.55. The van der Waals surface area contributed by atoms with Crippen molar-refractivity contribution >= 4 is 17.6 Å². The fourth-order valence-electron chi connectivity index (χ4n) is 2.85. The first kappa shape index (κ1) is 13.4. The van der Waals surface area contributed by atoms with Crippen molar-refractivity contribution in [3.05, 3.63) is 6.07 Å². The lowest BCUT2D eigenvalue weighted by molar-refractivity contribution is 0.333. The molecular weight excluding hydrogens is 252 g/mol. The summed E-state index contributed by atoms with van der Waals surface area (Å²) in [5, 5.41) is 6.72. The van der Waals surface area contributed by atoms with E-state index >= 15 is 0 Å². The Kier molecular flexibility index (Phi) is 3.91. The van der Waals surface area contributed by atoms with Crippen LogP contribution in [0.15, 0.2) is 6.07 Å². The number of hydrogen-bond donors (Lipinski definition) is 3. The molecule has 0 radical (unpaired) electrons. The van der Waals surface area contributed by atoms with E-state index in [2.05, 4.69) is 25.5 Å². The maximum Gasteiger partial charge on any atom is 0.223 e. The van der Waals surface area contributed by atoms with Gasteiger partial charge >= 0.3 is 0 Å². The first-order valence-electron chi connectivity index (χ1n) is 7.55. The highest BCUT2D eigenvalue weighted by molar-refractivity contribution is 5.53. The summed E-state index contributed by atoms with van der Waals surface area (Å²) in [6, 6.07) is 2.56. The predicted molar refractivity (Wildman–Crippen MR) is 82.0 cm³/mol. The number of aromatic nitrogens is 2. The molecule has 2 heterocycles. The van der Waals surface area contributed by atoms with Crippen LogP contribution in [0, 0.1) is 5.92 Å². The van der Waals surface area contributed by atoms with Gasteiger partial charge in [-0.15, -0.1) is 0 Å². The first-order chi connectivity index (χ1) is 9.74. The smallest absolute Gasteiger partial charge is 0.223 e. The summed E-state index contributed by atoms with van der Waals surface area (Å²) < 4.78 is 0. The van der Waals surface area contributed by atoms with Crippen molar-refractivity contribution in [1.29, 1.82) is 0 Å². The number of nitrogen functional groups attached to an aromatic ring is 1. The molecule has 1 aromatic heterocycles. The van der Waals surface area contributed by atoms with E-state index in [9.17, 15) is 0 Å². The minimum atomic E-state index is 0.353. The molecule has 1 saturated carbocycles. The van der Waals surface area contributed by atoms with Crippen molar-refractivity contribution in [3.8, 4) is 0 Å².